The van der Waals surface area contributed by atoms with Gasteiger partial charge in [0, 0.05) is 33.2 Å². The molecule has 2 heterocycles. The van der Waals surface area contributed by atoms with Gasteiger partial charge in [0.05, 0.1) is 12.4 Å². The molecule has 20 heavy (non-hydrogen) atoms. The fraction of sp³-hybridized carbons (Fsp3) is 0.667. The van der Waals surface area contributed by atoms with Crippen LogP contribution in [0.1, 0.15) is 13.3 Å². The Labute approximate surface area is 120 Å². The summed E-state index contributed by atoms with van der Waals surface area (Å²) in [7, 11) is -1.78. The third-order valence-electron chi connectivity index (χ3n) is 3.36. The van der Waals surface area contributed by atoms with E-state index >= 15 is 0 Å². The number of rotatable bonds is 5. The van der Waals surface area contributed by atoms with Crippen LogP contribution in [-0.2, 0) is 10.0 Å². The smallest absolute Gasteiger partial charge is 0.246 e. The molecule has 1 aromatic rings. The first-order valence-corrected chi connectivity index (χ1v) is 8.24. The summed E-state index contributed by atoms with van der Waals surface area (Å²) in [5.41, 5.74) is 0. The summed E-state index contributed by atoms with van der Waals surface area (Å²) in [5, 5.41) is 2.77. The van der Waals surface area contributed by atoms with Gasteiger partial charge in [-0.3, -0.25) is 0 Å². The number of hydrogen-bond acceptors (Lipinski definition) is 6. The van der Waals surface area contributed by atoms with E-state index in [0.717, 1.165) is 26.1 Å². The second kappa shape index (κ2) is 6.47. The van der Waals surface area contributed by atoms with Crippen molar-refractivity contribution in [2.75, 3.05) is 45.1 Å². The van der Waals surface area contributed by atoms with Gasteiger partial charge >= 0.3 is 0 Å². The molecule has 8 heteroatoms. The van der Waals surface area contributed by atoms with Crippen LogP contribution in [0.25, 0.3) is 0 Å². The van der Waals surface area contributed by atoms with Crippen LogP contribution in [0, 0.1) is 0 Å². The van der Waals surface area contributed by atoms with Crippen molar-refractivity contribution in [2.45, 2.75) is 18.2 Å². The van der Waals surface area contributed by atoms with E-state index in [2.05, 4.69) is 27.1 Å². The number of anilines is 1. The number of hydrogen-bond donors (Lipinski definition) is 1. The topological polar surface area (TPSA) is 78.4 Å². The molecule has 112 valence electrons. The molecular weight excluding hydrogens is 278 g/mol. The van der Waals surface area contributed by atoms with E-state index in [1.807, 2.05) is 0 Å². The minimum Gasteiger partial charge on any atom is -0.357 e. The molecule has 0 amide bonds. The van der Waals surface area contributed by atoms with Crippen molar-refractivity contribution in [3.63, 3.8) is 0 Å². The van der Waals surface area contributed by atoms with Gasteiger partial charge in [-0.05, 0) is 13.0 Å². The number of sulfonamides is 1. The number of nitrogens with one attached hydrogen (secondary N) is 1. The predicted molar refractivity (Wildman–Crippen MR) is 77.1 cm³/mol. The van der Waals surface area contributed by atoms with E-state index in [1.165, 1.54) is 16.7 Å². The molecule has 2 rings (SSSR count). The van der Waals surface area contributed by atoms with Gasteiger partial charge in [0.1, 0.15) is 4.90 Å². The summed E-state index contributed by atoms with van der Waals surface area (Å²) < 4.78 is 26.4. The SMILES string of the molecule is CCCN1CCN(S(=O)(=O)c2cnc(NC)nc2)CC1. The summed E-state index contributed by atoms with van der Waals surface area (Å²) in [5.74, 6) is 0.414. The average Bonchev–Trinajstić information content (AvgIpc) is 2.48. The van der Waals surface area contributed by atoms with Crippen molar-refractivity contribution in [3.05, 3.63) is 12.4 Å². The van der Waals surface area contributed by atoms with Crippen LogP contribution in [-0.4, -0.2) is 67.4 Å². The summed E-state index contributed by atoms with van der Waals surface area (Å²) in [6.07, 6.45) is 3.80. The lowest BCUT2D eigenvalue weighted by Gasteiger charge is -2.33. The van der Waals surface area contributed by atoms with Crippen molar-refractivity contribution in [2.24, 2.45) is 0 Å². The van der Waals surface area contributed by atoms with E-state index < -0.39 is 10.0 Å². The van der Waals surface area contributed by atoms with Gasteiger partial charge in [0.25, 0.3) is 0 Å². The monoisotopic (exact) mass is 299 g/mol. The molecule has 0 unspecified atom stereocenters. The molecule has 0 aromatic carbocycles. The third kappa shape index (κ3) is 3.25. The van der Waals surface area contributed by atoms with Gasteiger partial charge in [-0.15, -0.1) is 0 Å². The van der Waals surface area contributed by atoms with Crippen LogP contribution in [0.4, 0.5) is 5.95 Å². The Morgan fingerprint density at radius 2 is 1.80 bits per heavy atom. The Bertz CT molecular complexity index is 523. The first-order chi connectivity index (χ1) is 9.57. The molecule has 1 saturated heterocycles. The maximum Gasteiger partial charge on any atom is 0.246 e. The highest BCUT2D eigenvalue weighted by Gasteiger charge is 2.28. The molecular formula is C12H21N5O2S. The first kappa shape index (κ1) is 15.1. The number of aromatic nitrogens is 2. The Hall–Kier alpha value is -1.25. The fourth-order valence-corrected chi connectivity index (χ4v) is 3.55. The van der Waals surface area contributed by atoms with Gasteiger partial charge in [0.15, 0.2) is 0 Å². The zero-order chi connectivity index (χ0) is 14.6. The molecule has 0 aliphatic carbocycles. The summed E-state index contributed by atoms with van der Waals surface area (Å²) >= 11 is 0. The minimum atomic E-state index is -3.47. The molecule has 0 radical (unpaired) electrons. The van der Waals surface area contributed by atoms with Gasteiger partial charge in [-0.1, -0.05) is 6.92 Å². The summed E-state index contributed by atoms with van der Waals surface area (Å²) in [6.45, 7) is 5.76. The zero-order valence-corrected chi connectivity index (χ0v) is 12.7. The van der Waals surface area contributed by atoms with Gasteiger partial charge in [0.2, 0.25) is 16.0 Å². The van der Waals surface area contributed by atoms with E-state index in [-0.39, 0.29) is 4.90 Å². The quantitative estimate of drug-likeness (QED) is 0.839. The normalized spacial score (nSPS) is 18.1. The Morgan fingerprint density at radius 1 is 1.20 bits per heavy atom. The lowest BCUT2D eigenvalue weighted by atomic mass is 10.3. The minimum absolute atomic E-state index is 0.153. The van der Waals surface area contributed by atoms with E-state index in [9.17, 15) is 8.42 Å². The maximum atomic E-state index is 12.5. The zero-order valence-electron chi connectivity index (χ0n) is 11.9. The standard InChI is InChI=1S/C12H21N5O2S/c1-3-4-16-5-7-17(8-6-16)20(18,19)11-9-14-12(13-2)15-10-11/h9-10H,3-8H2,1-2H3,(H,13,14,15). The maximum absolute atomic E-state index is 12.5. The number of piperazine rings is 1. The molecule has 1 N–H and O–H groups in total. The second-order valence-electron chi connectivity index (χ2n) is 4.74. The predicted octanol–water partition coefficient (Wildman–Crippen LogP) is 0.235. The molecule has 1 fully saturated rings. The molecule has 0 bridgehead atoms. The molecule has 7 nitrogen and oxygen atoms in total. The van der Waals surface area contributed by atoms with Crippen molar-refractivity contribution in [1.29, 1.82) is 0 Å². The summed E-state index contributed by atoms with van der Waals surface area (Å²) in [6, 6.07) is 0. The van der Waals surface area contributed by atoms with Crippen molar-refractivity contribution in [3.8, 4) is 0 Å². The Morgan fingerprint density at radius 3 is 2.30 bits per heavy atom. The van der Waals surface area contributed by atoms with Crippen LogP contribution in [0.3, 0.4) is 0 Å². The highest BCUT2D eigenvalue weighted by molar-refractivity contribution is 7.89. The van der Waals surface area contributed by atoms with Gasteiger partial charge in [-0.2, -0.15) is 4.31 Å². The largest absolute Gasteiger partial charge is 0.357 e. The van der Waals surface area contributed by atoms with Crippen LogP contribution in [0.5, 0.6) is 0 Å². The second-order valence-corrected chi connectivity index (χ2v) is 6.68. The molecule has 1 aliphatic heterocycles. The molecule has 0 spiro atoms. The lowest BCUT2D eigenvalue weighted by Crippen LogP contribution is -2.48. The number of nitrogens with zero attached hydrogens (tertiary/aromatic N) is 4. The van der Waals surface area contributed by atoms with Crippen LogP contribution >= 0.6 is 0 Å². The van der Waals surface area contributed by atoms with Gasteiger partial charge in [-0.25, -0.2) is 18.4 Å². The van der Waals surface area contributed by atoms with Crippen LogP contribution in [0.15, 0.2) is 17.3 Å². The van der Waals surface area contributed by atoms with Crippen molar-refractivity contribution in [1.82, 2.24) is 19.2 Å². The molecule has 0 atom stereocenters. The van der Waals surface area contributed by atoms with E-state index in [1.54, 1.807) is 7.05 Å². The first-order valence-electron chi connectivity index (χ1n) is 6.80. The highest BCUT2D eigenvalue weighted by Crippen LogP contribution is 2.16. The molecule has 1 aliphatic rings. The third-order valence-corrected chi connectivity index (χ3v) is 5.21. The van der Waals surface area contributed by atoms with Crippen molar-refractivity contribution < 1.29 is 8.42 Å². The van der Waals surface area contributed by atoms with Crippen molar-refractivity contribution >= 4 is 16.0 Å². The van der Waals surface area contributed by atoms with Crippen LogP contribution in [0.2, 0.25) is 0 Å². The van der Waals surface area contributed by atoms with Gasteiger partial charge < -0.3 is 10.2 Å². The van der Waals surface area contributed by atoms with E-state index in [4.69, 9.17) is 0 Å². The fourth-order valence-electron chi connectivity index (χ4n) is 2.24. The average molecular weight is 299 g/mol. The van der Waals surface area contributed by atoms with Crippen LogP contribution < -0.4 is 5.32 Å². The Kier molecular flexibility index (Phi) is 4.90. The molecule has 1 aromatic heterocycles. The Balaban J connectivity index is 2.07. The van der Waals surface area contributed by atoms with E-state index in [0.29, 0.717) is 19.0 Å². The highest BCUT2D eigenvalue weighted by atomic mass is 32.2. The lowest BCUT2D eigenvalue weighted by molar-refractivity contribution is 0.188. The molecule has 0 saturated carbocycles. The summed E-state index contributed by atoms with van der Waals surface area (Å²) in [4.78, 5) is 10.4.